The summed E-state index contributed by atoms with van der Waals surface area (Å²) in [6, 6.07) is 19.6. The Morgan fingerprint density at radius 3 is 2.47 bits per heavy atom. The molecule has 1 aromatic carbocycles. The van der Waals surface area contributed by atoms with Gasteiger partial charge < -0.3 is 4.90 Å². The van der Waals surface area contributed by atoms with E-state index in [1.165, 1.54) is 0 Å². The third kappa shape index (κ3) is 4.66. The first kappa shape index (κ1) is 21.8. The van der Waals surface area contributed by atoms with Crippen molar-refractivity contribution < 1.29 is 4.79 Å². The number of rotatable bonds is 6. The van der Waals surface area contributed by atoms with Crippen molar-refractivity contribution >= 4 is 17.5 Å². The predicted molar refractivity (Wildman–Crippen MR) is 131 cm³/mol. The molecule has 0 bridgehead atoms. The van der Waals surface area contributed by atoms with E-state index in [2.05, 4.69) is 25.1 Å². The van der Waals surface area contributed by atoms with E-state index in [1.54, 1.807) is 17.3 Å². The molecule has 4 aromatic rings. The first-order valence-electron chi connectivity index (χ1n) is 11.5. The van der Waals surface area contributed by atoms with Crippen molar-refractivity contribution in [1.29, 1.82) is 0 Å². The summed E-state index contributed by atoms with van der Waals surface area (Å²) < 4.78 is 1.90. The maximum Gasteiger partial charge on any atom is 0.233 e. The molecule has 172 valence electrons. The highest BCUT2D eigenvalue weighted by molar-refractivity contribution is 5.94. The van der Waals surface area contributed by atoms with Gasteiger partial charge in [0.25, 0.3) is 0 Å². The molecule has 8 nitrogen and oxygen atoms in total. The topological polar surface area (TPSA) is 80.0 Å². The lowest BCUT2D eigenvalue weighted by atomic mass is 9.96. The number of piperidine rings is 1. The Morgan fingerprint density at radius 2 is 1.76 bits per heavy atom. The Morgan fingerprint density at radius 1 is 0.971 bits per heavy atom. The molecule has 8 heteroatoms. The SMILES string of the molecule is Cc1nccn1-c1ccc(N2CCCC(C(=O)N(Cc3ccccc3)c3ccccn3)C2)nn1. The number of imidazole rings is 1. The van der Waals surface area contributed by atoms with E-state index in [0.717, 1.165) is 42.4 Å². The molecule has 0 radical (unpaired) electrons. The van der Waals surface area contributed by atoms with Crippen molar-refractivity contribution in [3.63, 3.8) is 0 Å². The van der Waals surface area contributed by atoms with Crippen molar-refractivity contribution in [2.24, 2.45) is 5.92 Å². The summed E-state index contributed by atoms with van der Waals surface area (Å²) in [6.45, 7) is 3.88. The van der Waals surface area contributed by atoms with Gasteiger partial charge in [0.2, 0.25) is 5.91 Å². The van der Waals surface area contributed by atoms with Crippen LogP contribution in [0.2, 0.25) is 0 Å². The van der Waals surface area contributed by atoms with Gasteiger partial charge in [-0.2, -0.15) is 0 Å². The van der Waals surface area contributed by atoms with Crippen LogP contribution in [0.5, 0.6) is 0 Å². The highest BCUT2D eigenvalue weighted by atomic mass is 16.2. The van der Waals surface area contributed by atoms with Crippen molar-refractivity contribution in [1.82, 2.24) is 24.7 Å². The number of carbonyl (C=O) groups is 1. The summed E-state index contributed by atoms with van der Waals surface area (Å²) in [4.78, 5) is 26.4. The fourth-order valence-corrected chi connectivity index (χ4v) is 4.39. The zero-order valence-corrected chi connectivity index (χ0v) is 19.2. The molecule has 0 N–H and O–H groups in total. The van der Waals surface area contributed by atoms with Crippen LogP contribution in [0.4, 0.5) is 11.6 Å². The highest BCUT2D eigenvalue weighted by Gasteiger charge is 2.31. The zero-order valence-electron chi connectivity index (χ0n) is 19.2. The second kappa shape index (κ2) is 9.82. The Kier molecular flexibility index (Phi) is 6.29. The minimum atomic E-state index is -0.142. The molecule has 4 heterocycles. The van der Waals surface area contributed by atoms with E-state index in [0.29, 0.717) is 18.9 Å². The van der Waals surface area contributed by atoms with Crippen molar-refractivity contribution in [2.75, 3.05) is 22.9 Å². The summed E-state index contributed by atoms with van der Waals surface area (Å²) in [5, 5.41) is 8.85. The third-order valence-electron chi connectivity index (χ3n) is 6.18. The van der Waals surface area contributed by atoms with Crippen LogP contribution < -0.4 is 9.80 Å². The molecule has 1 fully saturated rings. The molecular formula is C26H27N7O. The molecule has 1 saturated heterocycles. The van der Waals surface area contributed by atoms with Crippen molar-refractivity contribution in [3.05, 3.63) is 90.6 Å². The fourth-order valence-electron chi connectivity index (χ4n) is 4.39. The lowest BCUT2D eigenvalue weighted by Crippen LogP contribution is -2.45. The number of carbonyl (C=O) groups excluding carboxylic acids is 1. The van der Waals surface area contributed by atoms with E-state index in [4.69, 9.17) is 0 Å². The van der Waals surface area contributed by atoms with Gasteiger partial charge in [-0.1, -0.05) is 36.4 Å². The molecule has 0 saturated carbocycles. The van der Waals surface area contributed by atoms with Gasteiger partial charge in [0.1, 0.15) is 11.6 Å². The number of nitrogens with zero attached hydrogens (tertiary/aromatic N) is 7. The lowest BCUT2D eigenvalue weighted by Gasteiger charge is -2.35. The molecule has 5 rings (SSSR count). The Balaban J connectivity index is 1.34. The Labute approximate surface area is 198 Å². The van der Waals surface area contributed by atoms with Gasteiger partial charge in [-0.05, 0) is 49.6 Å². The smallest absolute Gasteiger partial charge is 0.233 e. The van der Waals surface area contributed by atoms with Gasteiger partial charge >= 0.3 is 0 Å². The average Bonchev–Trinajstić information content (AvgIpc) is 3.34. The van der Waals surface area contributed by atoms with Crippen LogP contribution in [0.3, 0.4) is 0 Å². The zero-order chi connectivity index (χ0) is 23.3. The van der Waals surface area contributed by atoms with E-state index in [1.807, 2.05) is 78.4 Å². The Hall–Kier alpha value is -4.07. The number of anilines is 2. The summed E-state index contributed by atoms with van der Waals surface area (Å²) in [6.07, 6.45) is 7.10. The van der Waals surface area contributed by atoms with Crippen LogP contribution in [0.1, 0.15) is 24.2 Å². The summed E-state index contributed by atoms with van der Waals surface area (Å²) in [5.74, 6) is 2.99. The van der Waals surface area contributed by atoms with Crippen LogP contribution in [0, 0.1) is 12.8 Å². The predicted octanol–water partition coefficient (Wildman–Crippen LogP) is 3.82. The lowest BCUT2D eigenvalue weighted by molar-refractivity contribution is -0.122. The number of aryl methyl sites for hydroxylation is 1. The number of pyridine rings is 1. The largest absolute Gasteiger partial charge is 0.354 e. The summed E-state index contributed by atoms with van der Waals surface area (Å²) in [7, 11) is 0. The fraction of sp³-hybridized carbons (Fsp3) is 0.269. The van der Waals surface area contributed by atoms with E-state index < -0.39 is 0 Å². The number of aromatic nitrogens is 5. The number of benzene rings is 1. The van der Waals surface area contributed by atoms with Crippen LogP contribution >= 0.6 is 0 Å². The van der Waals surface area contributed by atoms with Gasteiger partial charge in [-0.15, -0.1) is 10.2 Å². The van der Waals surface area contributed by atoms with Crippen molar-refractivity contribution in [3.8, 4) is 5.82 Å². The van der Waals surface area contributed by atoms with Crippen LogP contribution in [0.15, 0.2) is 79.3 Å². The molecule has 1 amide bonds. The molecule has 0 aliphatic carbocycles. The maximum atomic E-state index is 13.7. The van der Waals surface area contributed by atoms with Gasteiger partial charge in [0, 0.05) is 31.7 Å². The van der Waals surface area contributed by atoms with Gasteiger partial charge in [-0.25, -0.2) is 9.97 Å². The number of amides is 1. The molecular weight excluding hydrogens is 426 g/mol. The van der Waals surface area contributed by atoms with Gasteiger partial charge in [-0.3, -0.25) is 14.3 Å². The molecule has 1 atom stereocenters. The van der Waals surface area contributed by atoms with Crippen LogP contribution in [-0.4, -0.2) is 43.7 Å². The average molecular weight is 454 g/mol. The summed E-state index contributed by atoms with van der Waals surface area (Å²) >= 11 is 0. The first-order chi connectivity index (χ1) is 16.7. The third-order valence-corrected chi connectivity index (χ3v) is 6.18. The maximum absolute atomic E-state index is 13.7. The molecule has 0 spiro atoms. The minimum Gasteiger partial charge on any atom is -0.354 e. The van der Waals surface area contributed by atoms with Crippen LogP contribution in [-0.2, 0) is 11.3 Å². The number of hydrogen-bond donors (Lipinski definition) is 0. The van der Waals surface area contributed by atoms with Crippen molar-refractivity contribution in [2.45, 2.75) is 26.3 Å². The second-order valence-electron chi connectivity index (χ2n) is 8.48. The quantitative estimate of drug-likeness (QED) is 0.442. The molecule has 3 aromatic heterocycles. The molecule has 1 aliphatic rings. The van der Waals surface area contributed by atoms with Gasteiger partial charge in [0.15, 0.2) is 11.6 Å². The van der Waals surface area contributed by atoms with Crippen LogP contribution in [0.25, 0.3) is 5.82 Å². The molecule has 34 heavy (non-hydrogen) atoms. The summed E-state index contributed by atoms with van der Waals surface area (Å²) in [5.41, 5.74) is 1.07. The Bertz CT molecular complexity index is 1230. The minimum absolute atomic E-state index is 0.0888. The first-order valence-corrected chi connectivity index (χ1v) is 11.5. The monoisotopic (exact) mass is 453 g/mol. The van der Waals surface area contributed by atoms with E-state index >= 15 is 0 Å². The standard InChI is InChI=1S/C26H27N7O/c1-20-27-15-17-32(20)25-13-12-24(29-30-25)31-16-7-10-22(19-31)26(34)33(23-11-5-6-14-28-23)18-21-8-3-2-4-9-21/h2-6,8-9,11-15,17,22H,7,10,16,18-19H2,1H3. The van der Waals surface area contributed by atoms with Gasteiger partial charge in [0.05, 0.1) is 12.5 Å². The highest BCUT2D eigenvalue weighted by Crippen LogP contribution is 2.26. The number of hydrogen-bond acceptors (Lipinski definition) is 6. The van der Waals surface area contributed by atoms with E-state index in [9.17, 15) is 4.79 Å². The second-order valence-corrected chi connectivity index (χ2v) is 8.48. The normalized spacial score (nSPS) is 15.8. The van der Waals surface area contributed by atoms with E-state index in [-0.39, 0.29) is 11.8 Å². The molecule has 1 aliphatic heterocycles. The molecule has 1 unspecified atom stereocenters.